The first-order valence-corrected chi connectivity index (χ1v) is 9.04. The maximum absolute atomic E-state index is 12.1. The van der Waals surface area contributed by atoms with Crippen molar-refractivity contribution in [3.05, 3.63) is 23.8 Å². The van der Waals surface area contributed by atoms with Crippen molar-refractivity contribution in [2.45, 2.75) is 37.1 Å². The molecular weight excluding hydrogens is 328 g/mol. The Morgan fingerprint density at radius 2 is 2.21 bits per heavy atom. The fourth-order valence-electron chi connectivity index (χ4n) is 2.57. The van der Waals surface area contributed by atoms with E-state index in [1.807, 2.05) is 6.92 Å². The largest absolute Gasteiger partial charge is 0.452 e. The number of ether oxygens (including phenoxy) is 1. The first-order chi connectivity index (χ1) is 11.5. The van der Waals surface area contributed by atoms with E-state index >= 15 is 0 Å². The second-order valence-corrected chi connectivity index (χ2v) is 7.26. The van der Waals surface area contributed by atoms with Crippen LogP contribution in [0.3, 0.4) is 0 Å². The summed E-state index contributed by atoms with van der Waals surface area (Å²) in [4.78, 5) is 36.4. The highest BCUT2D eigenvalue weighted by Gasteiger charge is 2.29. The van der Waals surface area contributed by atoms with Crippen LogP contribution in [0.5, 0.6) is 0 Å². The Hall–Kier alpha value is -2.02. The van der Waals surface area contributed by atoms with Gasteiger partial charge in [0, 0.05) is 23.1 Å². The number of anilines is 1. The van der Waals surface area contributed by atoms with E-state index in [0.29, 0.717) is 29.3 Å². The molecule has 0 saturated heterocycles. The van der Waals surface area contributed by atoms with Crippen molar-refractivity contribution in [3.8, 4) is 0 Å². The lowest BCUT2D eigenvalue weighted by Gasteiger charge is -2.13. The highest BCUT2D eigenvalue weighted by molar-refractivity contribution is 7.99. The van der Waals surface area contributed by atoms with E-state index in [2.05, 4.69) is 10.6 Å². The van der Waals surface area contributed by atoms with Gasteiger partial charge in [0.2, 0.25) is 5.91 Å². The number of nitrogens with one attached hydrogen (secondary N) is 2. The predicted molar refractivity (Wildman–Crippen MR) is 91.0 cm³/mol. The molecule has 1 saturated carbocycles. The first-order valence-electron chi connectivity index (χ1n) is 8.06. The van der Waals surface area contributed by atoms with E-state index in [-0.39, 0.29) is 24.5 Å². The van der Waals surface area contributed by atoms with Crippen molar-refractivity contribution < 1.29 is 19.1 Å². The number of rotatable bonds is 5. The maximum atomic E-state index is 12.1. The average molecular weight is 348 g/mol. The zero-order valence-electron chi connectivity index (χ0n) is 13.5. The second-order valence-electron chi connectivity index (χ2n) is 6.13. The summed E-state index contributed by atoms with van der Waals surface area (Å²) in [5.74, 6) is 0.328. The van der Waals surface area contributed by atoms with Gasteiger partial charge in [-0.2, -0.15) is 0 Å². The van der Waals surface area contributed by atoms with Crippen LogP contribution in [0.4, 0.5) is 5.69 Å². The number of fused-ring (bicyclic) bond motifs is 1. The van der Waals surface area contributed by atoms with Crippen LogP contribution >= 0.6 is 11.8 Å². The quantitative estimate of drug-likeness (QED) is 0.797. The number of carbonyl (C=O) groups excluding carboxylic acids is 3. The van der Waals surface area contributed by atoms with E-state index in [4.69, 9.17) is 4.74 Å². The zero-order valence-corrected chi connectivity index (χ0v) is 14.3. The zero-order chi connectivity index (χ0) is 17.1. The lowest BCUT2D eigenvalue weighted by atomic mass is 10.2. The van der Waals surface area contributed by atoms with Crippen LogP contribution in [0.1, 0.15) is 36.5 Å². The van der Waals surface area contributed by atoms with E-state index in [1.165, 1.54) is 0 Å². The van der Waals surface area contributed by atoms with Crippen molar-refractivity contribution in [3.63, 3.8) is 0 Å². The Morgan fingerprint density at radius 1 is 1.42 bits per heavy atom. The van der Waals surface area contributed by atoms with E-state index < -0.39 is 5.97 Å². The molecule has 1 heterocycles. The molecule has 0 spiro atoms. The normalized spacial score (nSPS) is 18.0. The van der Waals surface area contributed by atoms with Gasteiger partial charge in [-0.3, -0.25) is 9.59 Å². The molecule has 128 valence electrons. The van der Waals surface area contributed by atoms with Crippen LogP contribution in [-0.2, 0) is 14.3 Å². The summed E-state index contributed by atoms with van der Waals surface area (Å²) in [7, 11) is 0. The number of hydrogen-bond donors (Lipinski definition) is 2. The Morgan fingerprint density at radius 3 is 2.96 bits per heavy atom. The number of thioether (sulfide) groups is 1. The molecule has 0 aromatic heterocycles. The number of carbonyl (C=O) groups is 3. The lowest BCUT2D eigenvalue weighted by Crippen LogP contribution is -2.37. The minimum absolute atomic E-state index is 0.0693. The summed E-state index contributed by atoms with van der Waals surface area (Å²) in [6.07, 6.45) is 2.72. The lowest BCUT2D eigenvalue weighted by molar-refractivity contribution is -0.125. The van der Waals surface area contributed by atoms with Gasteiger partial charge in [0.1, 0.15) is 0 Å². The number of amides is 2. The number of benzene rings is 1. The molecule has 1 aliphatic heterocycles. The fraction of sp³-hybridized carbons (Fsp3) is 0.471. The highest BCUT2D eigenvalue weighted by atomic mass is 32.2. The number of esters is 1. The van der Waals surface area contributed by atoms with Crippen molar-refractivity contribution in [2.75, 3.05) is 17.7 Å². The Bertz CT molecular complexity index is 673. The molecule has 1 aromatic rings. The monoisotopic (exact) mass is 348 g/mol. The van der Waals surface area contributed by atoms with Gasteiger partial charge in [-0.1, -0.05) is 0 Å². The molecule has 1 aliphatic carbocycles. The van der Waals surface area contributed by atoms with Gasteiger partial charge < -0.3 is 15.4 Å². The molecular formula is C17H20N2O4S. The van der Waals surface area contributed by atoms with Gasteiger partial charge in [0.25, 0.3) is 5.91 Å². The summed E-state index contributed by atoms with van der Waals surface area (Å²) >= 11 is 1.57. The van der Waals surface area contributed by atoms with Gasteiger partial charge in [0.05, 0.1) is 11.3 Å². The third-order valence-corrected chi connectivity index (χ3v) is 5.20. The summed E-state index contributed by atoms with van der Waals surface area (Å²) in [5.41, 5.74) is 0.934. The molecule has 0 unspecified atom stereocenters. The van der Waals surface area contributed by atoms with Gasteiger partial charge in [-0.15, -0.1) is 11.8 Å². The van der Waals surface area contributed by atoms with Gasteiger partial charge in [0.15, 0.2) is 6.61 Å². The van der Waals surface area contributed by atoms with Crippen molar-refractivity contribution in [1.82, 2.24) is 5.32 Å². The molecule has 1 atom stereocenters. The Balaban J connectivity index is 1.56. The molecule has 7 heteroatoms. The molecule has 0 bridgehead atoms. The van der Waals surface area contributed by atoms with Crippen LogP contribution < -0.4 is 10.6 Å². The van der Waals surface area contributed by atoms with Crippen molar-refractivity contribution in [2.24, 2.45) is 5.92 Å². The van der Waals surface area contributed by atoms with Crippen molar-refractivity contribution in [1.29, 1.82) is 0 Å². The third-order valence-electron chi connectivity index (χ3n) is 4.13. The molecule has 3 rings (SSSR count). The Labute approximate surface area is 144 Å². The van der Waals surface area contributed by atoms with Crippen LogP contribution in [0, 0.1) is 5.92 Å². The molecule has 2 amide bonds. The molecule has 24 heavy (non-hydrogen) atoms. The summed E-state index contributed by atoms with van der Waals surface area (Å²) in [5, 5.41) is 5.62. The van der Waals surface area contributed by atoms with Gasteiger partial charge >= 0.3 is 5.97 Å². The Kier molecular flexibility index (Phi) is 5.08. The van der Waals surface area contributed by atoms with Crippen LogP contribution in [0.2, 0.25) is 0 Å². The molecule has 2 aliphatic rings. The van der Waals surface area contributed by atoms with Gasteiger partial charge in [-0.25, -0.2) is 4.79 Å². The highest BCUT2D eigenvalue weighted by Crippen LogP contribution is 2.32. The topological polar surface area (TPSA) is 84.5 Å². The third kappa shape index (κ3) is 4.29. The van der Waals surface area contributed by atoms with E-state index in [9.17, 15) is 14.4 Å². The van der Waals surface area contributed by atoms with Gasteiger partial charge in [-0.05, 0) is 43.9 Å². The van der Waals surface area contributed by atoms with E-state index in [1.54, 1.807) is 30.0 Å². The maximum Gasteiger partial charge on any atom is 0.338 e. The smallest absolute Gasteiger partial charge is 0.338 e. The number of hydrogen-bond acceptors (Lipinski definition) is 5. The average Bonchev–Trinajstić information content (AvgIpc) is 3.38. The summed E-state index contributed by atoms with van der Waals surface area (Å²) < 4.78 is 5.07. The molecule has 2 N–H and O–H groups in total. The van der Waals surface area contributed by atoms with Crippen LogP contribution in [0.25, 0.3) is 0 Å². The minimum Gasteiger partial charge on any atom is -0.452 e. The van der Waals surface area contributed by atoms with Crippen LogP contribution in [-0.4, -0.2) is 36.2 Å². The minimum atomic E-state index is -0.574. The SMILES string of the molecule is C[C@@H](NC(=O)COC(=O)c1ccc2c(c1)NC(=O)CCS2)C1CC1. The fourth-order valence-corrected chi connectivity index (χ4v) is 3.51. The first kappa shape index (κ1) is 16.8. The molecule has 1 aromatic carbocycles. The second kappa shape index (κ2) is 7.25. The predicted octanol–water partition coefficient (Wildman–Crippen LogP) is 2.19. The molecule has 1 fully saturated rings. The molecule has 0 radical (unpaired) electrons. The van der Waals surface area contributed by atoms with E-state index in [0.717, 1.165) is 17.7 Å². The summed E-state index contributed by atoms with van der Waals surface area (Å²) in [6.45, 7) is 1.66. The van der Waals surface area contributed by atoms with Crippen LogP contribution in [0.15, 0.2) is 23.1 Å². The summed E-state index contributed by atoms with van der Waals surface area (Å²) in [6, 6.07) is 5.16. The molecule has 6 nitrogen and oxygen atoms in total. The standard InChI is InChI=1S/C17H20N2O4S/c1-10(11-2-3-11)18-16(21)9-23-17(22)12-4-5-14-13(8-12)19-15(20)6-7-24-14/h4-5,8,10-11H,2-3,6-7,9H2,1H3,(H,18,21)(H,19,20)/t10-/m1/s1. The van der Waals surface area contributed by atoms with Crippen molar-refractivity contribution >= 4 is 35.2 Å².